The standard InChI is InChI=1S/C9H8F2INO4S/c10-9(11,18(15,16)17)5-13-8(14)6-1-3-7(12)4-2-6/h1-4H,5H2,(H,13,14)(H,15,16,17)/p-1. The number of alkyl halides is 2. The van der Waals surface area contributed by atoms with Crippen LogP contribution in [0.15, 0.2) is 24.3 Å². The molecule has 1 aromatic carbocycles. The highest BCUT2D eigenvalue weighted by molar-refractivity contribution is 14.1. The number of hydrogen-bond donors (Lipinski definition) is 1. The predicted molar refractivity (Wildman–Crippen MR) is 66.1 cm³/mol. The van der Waals surface area contributed by atoms with E-state index in [9.17, 15) is 26.5 Å². The Morgan fingerprint density at radius 3 is 2.28 bits per heavy atom. The normalized spacial score (nSPS) is 12.2. The molecule has 0 bridgehead atoms. The van der Waals surface area contributed by atoms with E-state index < -0.39 is 27.8 Å². The lowest BCUT2D eigenvalue weighted by Gasteiger charge is -2.20. The van der Waals surface area contributed by atoms with Crippen LogP contribution in [0.4, 0.5) is 8.78 Å². The molecule has 0 heterocycles. The van der Waals surface area contributed by atoms with Gasteiger partial charge in [-0.1, -0.05) is 0 Å². The molecule has 1 aromatic rings. The molecule has 0 fully saturated rings. The lowest BCUT2D eigenvalue weighted by molar-refractivity contribution is 0.0692. The van der Waals surface area contributed by atoms with Gasteiger partial charge in [-0.15, -0.1) is 0 Å². The van der Waals surface area contributed by atoms with Gasteiger partial charge in [0, 0.05) is 9.13 Å². The molecular weight excluding hydrogens is 383 g/mol. The fourth-order valence-electron chi connectivity index (χ4n) is 0.975. The van der Waals surface area contributed by atoms with Crippen molar-refractivity contribution in [3.63, 3.8) is 0 Å². The smallest absolute Gasteiger partial charge is 0.351 e. The molecule has 1 N–H and O–H groups in total. The molecule has 1 rings (SSSR count). The average molecular weight is 390 g/mol. The second kappa shape index (κ2) is 5.45. The first-order chi connectivity index (χ1) is 8.13. The Morgan fingerprint density at radius 2 is 1.83 bits per heavy atom. The van der Waals surface area contributed by atoms with Crippen molar-refractivity contribution >= 4 is 38.6 Å². The highest BCUT2D eigenvalue weighted by Crippen LogP contribution is 2.19. The molecule has 0 aliphatic carbocycles. The molecule has 0 atom stereocenters. The van der Waals surface area contributed by atoms with E-state index >= 15 is 0 Å². The van der Waals surface area contributed by atoms with Crippen LogP contribution in [0.3, 0.4) is 0 Å². The quantitative estimate of drug-likeness (QED) is 0.618. The topological polar surface area (TPSA) is 86.3 Å². The first kappa shape index (κ1) is 15.2. The van der Waals surface area contributed by atoms with Crippen molar-refractivity contribution in [1.82, 2.24) is 5.32 Å². The van der Waals surface area contributed by atoms with E-state index in [-0.39, 0.29) is 5.56 Å². The zero-order valence-electron chi connectivity index (χ0n) is 8.69. The molecule has 9 heteroatoms. The molecule has 0 saturated heterocycles. The summed E-state index contributed by atoms with van der Waals surface area (Å²) in [5.41, 5.74) is 0.0921. The van der Waals surface area contributed by atoms with Crippen LogP contribution in [0.5, 0.6) is 0 Å². The Kier molecular flexibility index (Phi) is 4.61. The van der Waals surface area contributed by atoms with Crippen LogP contribution in [0.2, 0.25) is 0 Å². The van der Waals surface area contributed by atoms with Crippen molar-refractivity contribution < 1.29 is 26.5 Å². The third-order valence-electron chi connectivity index (χ3n) is 1.93. The zero-order chi connectivity index (χ0) is 14.0. The zero-order valence-corrected chi connectivity index (χ0v) is 11.7. The Labute approximate surface area is 115 Å². The highest BCUT2D eigenvalue weighted by Gasteiger charge is 2.37. The third-order valence-corrected chi connectivity index (χ3v) is 3.52. The number of carbonyl (C=O) groups excluding carboxylic acids is 1. The van der Waals surface area contributed by atoms with E-state index in [1.54, 1.807) is 17.4 Å². The largest absolute Gasteiger partial charge is 0.743 e. The molecule has 0 saturated carbocycles. The lowest BCUT2D eigenvalue weighted by atomic mass is 10.2. The van der Waals surface area contributed by atoms with E-state index in [2.05, 4.69) is 0 Å². The fraction of sp³-hybridized carbons (Fsp3) is 0.222. The van der Waals surface area contributed by atoms with Gasteiger partial charge in [0.1, 0.15) is 0 Å². The van der Waals surface area contributed by atoms with Gasteiger partial charge >= 0.3 is 5.25 Å². The number of nitrogens with one attached hydrogen (secondary N) is 1. The summed E-state index contributed by atoms with van der Waals surface area (Å²) in [5, 5.41) is -2.83. The Bertz CT molecular complexity index is 544. The number of carbonyl (C=O) groups is 1. The monoisotopic (exact) mass is 390 g/mol. The summed E-state index contributed by atoms with van der Waals surface area (Å²) < 4.78 is 56.9. The molecule has 1 amide bonds. The van der Waals surface area contributed by atoms with Crippen LogP contribution < -0.4 is 5.32 Å². The predicted octanol–water partition coefficient (Wildman–Crippen LogP) is 1.16. The molecule has 18 heavy (non-hydrogen) atoms. The lowest BCUT2D eigenvalue weighted by Crippen LogP contribution is -2.42. The van der Waals surface area contributed by atoms with Crippen LogP contribution in [0.25, 0.3) is 0 Å². The van der Waals surface area contributed by atoms with Crippen molar-refractivity contribution in [1.29, 1.82) is 0 Å². The van der Waals surface area contributed by atoms with Crippen molar-refractivity contribution in [2.24, 2.45) is 0 Å². The minimum absolute atomic E-state index is 0.0921. The summed E-state index contributed by atoms with van der Waals surface area (Å²) in [7, 11) is -5.79. The maximum atomic E-state index is 12.8. The van der Waals surface area contributed by atoms with Crippen molar-refractivity contribution in [3.05, 3.63) is 33.4 Å². The Morgan fingerprint density at radius 1 is 1.33 bits per heavy atom. The first-order valence-electron chi connectivity index (χ1n) is 4.50. The molecule has 0 radical (unpaired) electrons. The Hall–Kier alpha value is -0.810. The maximum Gasteiger partial charge on any atom is 0.351 e. The van der Waals surface area contributed by atoms with Crippen molar-refractivity contribution in [2.45, 2.75) is 5.25 Å². The molecule has 100 valence electrons. The van der Waals surface area contributed by atoms with Crippen LogP contribution >= 0.6 is 22.6 Å². The van der Waals surface area contributed by atoms with Crippen molar-refractivity contribution in [3.8, 4) is 0 Å². The minimum atomic E-state index is -5.79. The van der Waals surface area contributed by atoms with Gasteiger partial charge in [0.15, 0.2) is 10.1 Å². The minimum Gasteiger partial charge on any atom is -0.743 e. The van der Waals surface area contributed by atoms with E-state index in [0.717, 1.165) is 3.57 Å². The van der Waals surface area contributed by atoms with E-state index in [0.29, 0.717) is 0 Å². The van der Waals surface area contributed by atoms with Crippen LogP contribution in [0, 0.1) is 3.57 Å². The molecule has 0 aliphatic rings. The van der Waals surface area contributed by atoms with Gasteiger partial charge < -0.3 is 9.87 Å². The third kappa shape index (κ3) is 3.85. The van der Waals surface area contributed by atoms with Gasteiger partial charge in [0.2, 0.25) is 0 Å². The molecule has 0 spiro atoms. The second-order valence-corrected chi connectivity index (χ2v) is 6.03. The summed E-state index contributed by atoms with van der Waals surface area (Å²) in [4.78, 5) is 11.4. The average Bonchev–Trinajstić information content (AvgIpc) is 2.25. The van der Waals surface area contributed by atoms with Gasteiger partial charge in [0.05, 0.1) is 6.54 Å². The van der Waals surface area contributed by atoms with Gasteiger partial charge in [-0.2, -0.15) is 8.78 Å². The summed E-state index contributed by atoms with van der Waals surface area (Å²) in [6.07, 6.45) is 0. The Balaban J connectivity index is 2.70. The van der Waals surface area contributed by atoms with Gasteiger partial charge in [-0.25, -0.2) is 8.42 Å². The maximum absolute atomic E-state index is 12.8. The molecule has 0 unspecified atom stereocenters. The van der Waals surface area contributed by atoms with Crippen LogP contribution in [0.1, 0.15) is 10.4 Å². The highest BCUT2D eigenvalue weighted by atomic mass is 127. The van der Waals surface area contributed by atoms with Crippen LogP contribution in [-0.4, -0.2) is 30.7 Å². The van der Waals surface area contributed by atoms with E-state index in [1.807, 2.05) is 22.6 Å². The number of hydrogen-bond acceptors (Lipinski definition) is 4. The van der Waals surface area contributed by atoms with Gasteiger partial charge in [-0.05, 0) is 46.9 Å². The summed E-state index contributed by atoms with van der Waals surface area (Å²) in [5.74, 6) is -0.880. The summed E-state index contributed by atoms with van der Waals surface area (Å²) >= 11 is 1.99. The molecule has 0 aliphatic heterocycles. The number of rotatable bonds is 4. The SMILES string of the molecule is O=C(NCC(F)(F)S(=O)(=O)[O-])c1ccc(I)cc1. The van der Waals surface area contributed by atoms with Crippen LogP contribution in [-0.2, 0) is 10.1 Å². The van der Waals surface area contributed by atoms with E-state index in [1.165, 1.54) is 12.1 Å². The van der Waals surface area contributed by atoms with Crippen molar-refractivity contribution in [2.75, 3.05) is 6.54 Å². The first-order valence-corrected chi connectivity index (χ1v) is 6.99. The second-order valence-electron chi connectivity index (χ2n) is 3.28. The van der Waals surface area contributed by atoms with Gasteiger partial charge in [-0.3, -0.25) is 4.79 Å². The van der Waals surface area contributed by atoms with Gasteiger partial charge in [0.25, 0.3) is 5.91 Å². The number of halogens is 3. The molecular formula is C9H7F2INO4S-. The van der Waals surface area contributed by atoms with E-state index in [4.69, 9.17) is 0 Å². The summed E-state index contributed by atoms with van der Waals surface area (Å²) in [6, 6.07) is 5.94. The number of amides is 1. The summed E-state index contributed by atoms with van der Waals surface area (Å²) in [6.45, 7) is -1.55. The molecule has 0 aromatic heterocycles. The molecule has 5 nitrogen and oxygen atoms in total. The fourth-order valence-corrected chi connectivity index (χ4v) is 1.58. The number of benzene rings is 1.